The monoisotopic (exact) mass is 402 g/mol. The van der Waals surface area contributed by atoms with Gasteiger partial charge in [0.25, 0.3) is 0 Å². The van der Waals surface area contributed by atoms with Crippen molar-refractivity contribution < 1.29 is 13.7 Å². The van der Waals surface area contributed by atoms with E-state index in [1.807, 2.05) is 0 Å². The minimum absolute atomic E-state index is 0.863. The van der Waals surface area contributed by atoms with Gasteiger partial charge >= 0.3 is 0 Å². The number of ether oxygens (including phenoxy) is 1. The zero-order valence-corrected chi connectivity index (χ0v) is 19.3. The van der Waals surface area contributed by atoms with Crippen LogP contribution in [0.4, 0.5) is 0 Å². The van der Waals surface area contributed by atoms with E-state index in [-0.39, 0.29) is 0 Å². The van der Waals surface area contributed by atoms with Gasteiger partial charge in [0, 0.05) is 18.4 Å². The van der Waals surface area contributed by atoms with Crippen molar-refractivity contribution in [3.05, 3.63) is 29.8 Å². The molecule has 0 spiro atoms. The fourth-order valence-electron chi connectivity index (χ4n) is 5.38. The number of likely N-dealkylation sites (tertiary alicyclic amines) is 2. The summed E-state index contributed by atoms with van der Waals surface area (Å²) in [6, 6.07) is 8.87. The third kappa shape index (κ3) is 7.94. The largest absolute Gasteiger partial charge is 0.494 e. The van der Waals surface area contributed by atoms with E-state index in [0.717, 1.165) is 18.9 Å². The molecule has 0 amide bonds. The van der Waals surface area contributed by atoms with Crippen molar-refractivity contribution in [1.82, 2.24) is 0 Å². The molecule has 164 valence electrons. The maximum Gasteiger partial charge on any atom is 0.119 e. The fraction of sp³-hybridized carbons (Fsp3) is 0.769. The highest BCUT2D eigenvalue weighted by Crippen LogP contribution is 2.22. The van der Waals surface area contributed by atoms with Gasteiger partial charge < -0.3 is 13.7 Å². The molecule has 3 rings (SSSR count). The molecule has 3 heteroatoms. The molecule has 0 N–H and O–H groups in total. The second-order valence-corrected chi connectivity index (χ2v) is 10.4. The lowest BCUT2D eigenvalue weighted by Gasteiger charge is -2.37. The average Bonchev–Trinajstić information content (AvgIpc) is 3.14. The Balaban J connectivity index is 1.19. The topological polar surface area (TPSA) is 9.23 Å². The van der Waals surface area contributed by atoms with Gasteiger partial charge in [0.15, 0.2) is 0 Å². The first-order chi connectivity index (χ1) is 14.1. The molecule has 0 aliphatic carbocycles. The number of benzene rings is 1. The van der Waals surface area contributed by atoms with E-state index >= 15 is 0 Å². The molecule has 2 heterocycles. The Morgan fingerprint density at radius 2 is 1.21 bits per heavy atom. The molecule has 1 aromatic rings. The van der Waals surface area contributed by atoms with E-state index < -0.39 is 0 Å². The van der Waals surface area contributed by atoms with Crippen molar-refractivity contribution in [3.63, 3.8) is 0 Å². The highest BCUT2D eigenvalue weighted by atomic mass is 16.5. The van der Waals surface area contributed by atoms with Crippen LogP contribution < -0.4 is 4.74 Å². The Morgan fingerprint density at radius 3 is 1.90 bits per heavy atom. The summed E-state index contributed by atoms with van der Waals surface area (Å²) in [6.45, 7) is 8.92. The molecule has 2 saturated heterocycles. The molecular formula is C26H46N2O+2. The Bertz CT molecular complexity index is 571. The van der Waals surface area contributed by atoms with Crippen LogP contribution in [0.2, 0.25) is 0 Å². The molecule has 2 fully saturated rings. The SMILES string of the molecule is C[N+]1(CCCCCCCCOc2ccc(C[N+]3(C)CCCC3)cc2)CCCCC1. The predicted molar refractivity (Wildman–Crippen MR) is 123 cm³/mol. The number of hydrogen-bond donors (Lipinski definition) is 0. The van der Waals surface area contributed by atoms with Gasteiger partial charge in [-0.05, 0) is 62.8 Å². The van der Waals surface area contributed by atoms with Gasteiger partial charge in [0.05, 0.1) is 53.4 Å². The zero-order chi connectivity index (χ0) is 20.4. The smallest absolute Gasteiger partial charge is 0.119 e. The van der Waals surface area contributed by atoms with E-state index in [1.165, 1.54) is 118 Å². The van der Waals surface area contributed by atoms with Crippen molar-refractivity contribution in [2.45, 2.75) is 77.2 Å². The Morgan fingerprint density at radius 1 is 0.655 bits per heavy atom. The van der Waals surface area contributed by atoms with Crippen LogP contribution in [0, 0.1) is 0 Å². The van der Waals surface area contributed by atoms with Crippen LogP contribution in [-0.4, -0.2) is 62.4 Å². The number of quaternary nitrogens is 2. The van der Waals surface area contributed by atoms with Crippen molar-refractivity contribution in [1.29, 1.82) is 0 Å². The molecule has 0 saturated carbocycles. The molecule has 1 aromatic carbocycles. The van der Waals surface area contributed by atoms with Crippen molar-refractivity contribution in [2.75, 3.05) is 53.4 Å². The number of rotatable bonds is 12. The van der Waals surface area contributed by atoms with Gasteiger partial charge in [0.1, 0.15) is 12.3 Å². The van der Waals surface area contributed by atoms with Crippen molar-refractivity contribution >= 4 is 0 Å². The normalized spacial score (nSPS) is 20.6. The summed E-state index contributed by atoms with van der Waals surface area (Å²) in [6.07, 6.45) is 15.2. The summed E-state index contributed by atoms with van der Waals surface area (Å²) in [5.74, 6) is 1.04. The van der Waals surface area contributed by atoms with E-state index in [1.54, 1.807) is 0 Å². The van der Waals surface area contributed by atoms with Crippen molar-refractivity contribution in [3.8, 4) is 5.75 Å². The lowest BCUT2D eigenvalue weighted by Crippen LogP contribution is -2.48. The maximum absolute atomic E-state index is 5.97. The summed E-state index contributed by atoms with van der Waals surface area (Å²) < 4.78 is 8.51. The van der Waals surface area contributed by atoms with Crippen LogP contribution in [0.25, 0.3) is 0 Å². The number of hydrogen-bond acceptors (Lipinski definition) is 1. The van der Waals surface area contributed by atoms with Crippen LogP contribution in [-0.2, 0) is 6.54 Å². The molecule has 0 atom stereocenters. The molecular weight excluding hydrogens is 356 g/mol. The standard InChI is InChI=1S/C26H46N2O/c1-27(19-9-7-10-20-27)18-8-5-3-4-6-13-23-29-26-16-14-25(15-17-26)24-28(2)21-11-12-22-28/h14-17H,3-13,18-24H2,1-2H3/q+2. The van der Waals surface area contributed by atoms with Gasteiger partial charge in [-0.15, -0.1) is 0 Å². The molecule has 0 bridgehead atoms. The zero-order valence-electron chi connectivity index (χ0n) is 19.3. The molecule has 0 radical (unpaired) electrons. The predicted octanol–water partition coefficient (Wildman–Crippen LogP) is 5.78. The summed E-state index contributed by atoms with van der Waals surface area (Å²) in [7, 11) is 4.87. The van der Waals surface area contributed by atoms with E-state index in [2.05, 4.69) is 38.4 Å². The third-order valence-corrected chi connectivity index (χ3v) is 7.39. The second kappa shape index (κ2) is 11.4. The minimum Gasteiger partial charge on any atom is -0.494 e. The second-order valence-electron chi connectivity index (χ2n) is 10.4. The highest BCUT2D eigenvalue weighted by molar-refractivity contribution is 5.26. The van der Waals surface area contributed by atoms with Gasteiger partial charge in [-0.3, -0.25) is 0 Å². The third-order valence-electron chi connectivity index (χ3n) is 7.39. The summed E-state index contributed by atoms with van der Waals surface area (Å²) in [5, 5.41) is 0. The lowest BCUT2D eigenvalue weighted by atomic mass is 10.1. The fourth-order valence-corrected chi connectivity index (χ4v) is 5.38. The maximum atomic E-state index is 5.97. The molecule has 3 nitrogen and oxygen atoms in total. The van der Waals surface area contributed by atoms with E-state index in [4.69, 9.17) is 4.74 Å². The number of unbranched alkanes of at least 4 members (excludes halogenated alkanes) is 5. The molecule has 0 aromatic heterocycles. The number of nitrogens with zero attached hydrogens (tertiary/aromatic N) is 2. The van der Waals surface area contributed by atoms with Crippen LogP contribution in [0.1, 0.15) is 76.2 Å². The average molecular weight is 403 g/mol. The van der Waals surface area contributed by atoms with Crippen LogP contribution >= 0.6 is 0 Å². The summed E-state index contributed by atoms with van der Waals surface area (Å²) in [5.41, 5.74) is 1.45. The Kier molecular flexibility index (Phi) is 8.86. The first kappa shape index (κ1) is 22.6. The lowest BCUT2D eigenvalue weighted by molar-refractivity contribution is -0.914. The first-order valence-corrected chi connectivity index (χ1v) is 12.5. The van der Waals surface area contributed by atoms with Gasteiger partial charge in [-0.1, -0.05) is 19.3 Å². The van der Waals surface area contributed by atoms with E-state index in [0.29, 0.717) is 0 Å². The van der Waals surface area contributed by atoms with Crippen LogP contribution in [0.3, 0.4) is 0 Å². The quantitative estimate of drug-likeness (QED) is 0.318. The highest BCUT2D eigenvalue weighted by Gasteiger charge is 2.26. The van der Waals surface area contributed by atoms with Gasteiger partial charge in [-0.25, -0.2) is 0 Å². The Labute approximate surface area is 180 Å². The van der Waals surface area contributed by atoms with Crippen LogP contribution in [0.15, 0.2) is 24.3 Å². The summed E-state index contributed by atoms with van der Waals surface area (Å²) >= 11 is 0. The van der Waals surface area contributed by atoms with E-state index in [9.17, 15) is 0 Å². The van der Waals surface area contributed by atoms with Crippen molar-refractivity contribution in [2.24, 2.45) is 0 Å². The summed E-state index contributed by atoms with van der Waals surface area (Å²) in [4.78, 5) is 0. The van der Waals surface area contributed by atoms with Gasteiger partial charge in [-0.2, -0.15) is 0 Å². The molecule has 2 aliphatic rings. The first-order valence-electron chi connectivity index (χ1n) is 12.5. The van der Waals surface area contributed by atoms with Gasteiger partial charge in [0.2, 0.25) is 0 Å². The molecule has 29 heavy (non-hydrogen) atoms. The number of piperidine rings is 1. The Hall–Kier alpha value is -1.06. The minimum atomic E-state index is 0.863. The van der Waals surface area contributed by atoms with Crippen LogP contribution in [0.5, 0.6) is 5.75 Å². The molecule has 2 aliphatic heterocycles. The molecule has 0 unspecified atom stereocenters.